The largest absolute Gasteiger partial charge is 0.486 e. The van der Waals surface area contributed by atoms with Gasteiger partial charge in [0.15, 0.2) is 0 Å². The SMILES string of the molecule is c1ccc(-n2cc(CN3CC(Oc4cccnc4)C3)nn2)cc1. The summed E-state index contributed by atoms with van der Waals surface area (Å²) in [5.41, 5.74) is 1.99. The van der Waals surface area contributed by atoms with E-state index in [2.05, 4.69) is 20.2 Å². The molecule has 4 rings (SSSR count). The maximum absolute atomic E-state index is 5.85. The molecule has 1 aromatic carbocycles. The molecular weight excluding hydrogens is 290 g/mol. The van der Waals surface area contributed by atoms with Crippen molar-refractivity contribution >= 4 is 0 Å². The highest BCUT2D eigenvalue weighted by Gasteiger charge is 2.29. The van der Waals surface area contributed by atoms with E-state index >= 15 is 0 Å². The third kappa shape index (κ3) is 3.22. The molecule has 0 radical (unpaired) electrons. The van der Waals surface area contributed by atoms with Gasteiger partial charge >= 0.3 is 0 Å². The Labute approximate surface area is 134 Å². The summed E-state index contributed by atoms with van der Waals surface area (Å²) in [5.74, 6) is 0.826. The van der Waals surface area contributed by atoms with E-state index in [1.165, 1.54) is 0 Å². The predicted molar refractivity (Wildman–Crippen MR) is 85.3 cm³/mol. The Bertz CT molecular complexity index is 753. The summed E-state index contributed by atoms with van der Waals surface area (Å²) in [6, 6.07) is 13.8. The number of rotatable bonds is 5. The van der Waals surface area contributed by atoms with Crippen molar-refractivity contribution in [2.75, 3.05) is 13.1 Å². The van der Waals surface area contributed by atoms with Crippen molar-refractivity contribution in [2.24, 2.45) is 0 Å². The third-order valence-electron chi connectivity index (χ3n) is 3.81. The van der Waals surface area contributed by atoms with E-state index in [0.717, 1.165) is 36.8 Å². The quantitative estimate of drug-likeness (QED) is 0.721. The van der Waals surface area contributed by atoms with E-state index in [1.807, 2.05) is 48.7 Å². The molecule has 1 fully saturated rings. The smallest absolute Gasteiger partial charge is 0.138 e. The summed E-state index contributed by atoms with van der Waals surface area (Å²) in [7, 11) is 0. The standard InChI is InChI=1S/C17H17N5O/c1-2-5-15(6-3-1)22-11-14(19-20-22)10-21-12-17(13-21)23-16-7-4-8-18-9-16/h1-9,11,17H,10,12-13H2. The van der Waals surface area contributed by atoms with Crippen LogP contribution in [0.25, 0.3) is 5.69 Å². The van der Waals surface area contributed by atoms with Gasteiger partial charge in [0, 0.05) is 25.8 Å². The minimum atomic E-state index is 0.225. The first-order chi connectivity index (χ1) is 11.4. The summed E-state index contributed by atoms with van der Waals surface area (Å²) in [6.07, 6.45) is 5.69. The van der Waals surface area contributed by atoms with E-state index < -0.39 is 0 Å². The molecule has 0 amide bonds. The van der Waals surface area contributed by atoms with Gasteiger partial charge in [-0.15, -0.1) is 5.10 Å². The van der Waals surface area contributed by atoms with Gasteiger partial charge < -0.3 is 4.74 Å². The maximum Gasteiger partial charge on any atom is 0.138 e. The normalized spacial score (nSPS) is 15.3. The van der Waals surface area contributed by atoms with Crippen molar-refractivity contribution in [3.8, 4) is 11.4 Å². The van der Waals surface area contributed by atoms with Crippen molar-refractivity contribution in [1.82, 2.24) is 24.9 Å². The fourth-order valence-electron chi connectivity index (χ4n) is 2.64. The Hall–Kier alpha value is -2.73. The molecule has 0 bridgehead atoms. The number of aromatic nitrogens is 4. The zero-order valence-electron chi connectivity index (χ0n) is 12.6. The van der Waals surface area contributed by atoms with Crippen molar-refractivity contribution < 1.29 is 4.74 Å². The Balaban J connectivity index is 1.30. The zero-order chi connectivity index (χ0) is 15.5. The number of para-hydroxylation sites is 1. The lowest BCUT2D eigenvalue weighted by molar-refractivity contribution is 0.0136. The number of benzene rings is 1. The fourth-order valence-corrected chi connectivity index (χ4v) is 2.64. The number of pyridine rings is 1. The molecule has 116 valence electrons. The van der Waals surface area contributed by atoms with Crippen LogP contribution in [0.4, 0.5) is 0 Å². The average molecular weight is 307 g/mol. The molecule has 0 N–H and O–H groups in total. The summed E-state index contributed by atoms with van der Waals surface area (Å²) in [4.78, 5) is 6.35. The Kier molecular flexibility index (Phi) is 3.73. The first-order valence-corrected chi connectivity index (χ1v) is 7.62. The van der Waals surface area contributed by atoms with Crippen molar-refractivity contribution in [3.05, 3.63) is 66.7 Å². The molecule has 1 aliphatic rings. The third-order valence-corrected chi connectivity index (χ3v) is 3.81. The lowest BCUT2D eigenvalue weighted by Crippen LogP contribution is -2.53. The van der Waals surface area contributed by atoms with Crippen LogP contribution in [0.3, 0.4) is 0 Å². The van der Waals surface area contributed by atoms with Gasteiger partial charge in [-0.1, -0.05) is 23.4 Å². The molecule has 0 unspecified atom stereocenters. The molecule has 0 aliphatic carbocycles. The van der Waals surface area contributed by atoms with E-state index in [9.17, 15) is 0 Å². The first-order valence-electron chi connectivity index (χ1n) is 7.62. The molecule has 6 heteroatoms. The van der Waals surface area contributed by atoms with E-state index in [0.29, 0.717) is 0 Å². The van der Waals surface area contributed by atoms with Crippen LogP contribution in [0.2, 0.25) is 0 Å². The number of nitrogens with zero attached hydrogens (tertiary/aromatic N) is 5. The minimum absolute atomic E-state index is 0.225. The van der Waals surface area contributed by atoms with Crippen molar-refractivity contribution in [1.29, 1.82) is 0 Å². The van der Waals surface area contributed by atoms with Crippen molar-refractivity contribution in [3.63, 3.8) is 0 Å². The second kappa shape index (κ2) is 6.18. The van der Waals surface area contributed by atoms with Gasteiger partial charge in [0.25, 0.3) is 0 Å². The van der Waals surface area contributed by atoms with Crippen LogP contribution in [0.15, 0.2) is 61.1 Å². The molecule has 3 aromatic rings. The number of ether oxygens (including phenoxy) is 1. The molecule has 0 atom stereocenters. The Morgan fingerprint density at radius 3 is 2.74 bits per heavy atom. The Morgan fingerprint density at radius 1 is 1.09 bits per heavy atom. The maximum atomic E-state index is 5.85. The monoisotopic (exact) mass is 307 g/mol. The van der Waals surface area contributed by atoms with E-state index in [1.54, 1.807) is 17.1 Å². The first kappa shape index (κ1) is 13.9. The molecule has 3 heterocycles. The lowest BCUT2D eigenvalue weighted by atomic mass is 10.1. The highest BCUT2D eigenvalue weighted by molar-refractivity contribution is 5.29. The van der Waals surface area contributed by atoms with Gasteiger partial charge in [0.05, 0.1) is 23.8 Å². The molecule has 23 heavy (non-hydrogen) atoms. The van der Waals surface area contributed by atoms with Gasteiger partial charge in [-0.25, -0.2) is 4.68 Å². The highest BCUT2D eigenvalue weighted by atomic mass is 16.5. The van der Waals surface area contributed by atoms with E-state index in [-0.39, 0.29) is 6.10 Å². The van der Waals surface area contributed by atoms with Gasteiger partial charge in [-0.2, -0.15) is 0 Å². The summed E-state index contributed by atoms with van der Waals surface area (Å²) < 4.78 is 7.65. The van der Waals surface area contributed by atoms with E-state index in [4.69, 9.17) is 4.74 Å². The molecule has 6 nitrogen and oxygen atoms in total. The number of hydrogen-bond acceptors (Lipinski definition) is 5. The summed E-state index contributed by atoms with van der Waals surface area (Å²) in [6.45, 7) is 2.58. The van der Waals surface area contributed by atoms with Gasteiger partial charge in [-0.05, 0) is 24.3 Å². The molecule has 1 aliphatic heterocycles. The van der Waals surface area contributed by atoms with Crippen LogP contribution in [0.1, 0.15) is 5.69 Å². The number of hydrogen-bond donors (Lipinski definition) is 0. The predicted octanol–water partition coefficient (Wildman–Crippen LogP) is 1.93. The van der Waals surface area contributed by atoms with Crippen LogP contribution in [0, 0.1) is 0 Å². The molecule has 1 saturated heterocycles. The highest BCUT2D eigenvalue weighted by Crippen LogP contribution is 2.18. The molecule has 0 spiro atoms. The van der Waals surface area contributed by atoms with Crippen LogP contribution < -0.4 is 4.74 Å². The van der Waals surface area contributed by atoms with Gasteiger partial charge in [-0.3, -0.25) is 9.88 Å². The second-order valence-electron chi connectivity index (χ2n) is 5.61. The Morgan fingerprint density at radius 2 is 1.96 bits per heavy atom. The topological polar surface area (TPSA) is 56.1 Å². The van der Waals surface area contributed by atoms with Crippen LogP contribution >= 0.6 is 0 Å². The van der Waals surface area contributed by atoms with Crippen molar-refractivity contribution in [2.45, 2.75) is 12.6 Å². The fraction of sp³-hybridized carbons (Fsp3) is 0.235. The zero-order valence-corrected chi connectivity index (χ0v) is 12.6. The van der Waals surface area contributed by atoms with Crippen LogP contribution in [-0.4, -0.2) is 44.1 Å². The molecule has 0 saturated carbocycles. The minimum Gasteiger partial charge on any atom is -0.486 e. The number of likely N-dealkylation sites (tertiary alicyclic amines) is 1. The summed E-state index contributed by atoms with van der Waals surface area (Å²) in [5, 5.41) is 8.43. The average Bonchev–Trinajstić information content (AvgIpc) is 3.03. The lowest BCUT2D eigenvalue weighted by Gasteiger charge is -2.38. The second-order valence-corrected chi connectivity index (χ2v) is 5.61. The molecule has 2 aromatic heterocycles. The molecular formula is C17H17N5O. The van der Waals surface area contributed by atoms with Gasteiger partial charge in [0.1, 0.15) is 11.9 Å². The van der Waals surface area contributed by atoms with Crippen LogP contribution in [-0.2, 0) is 6.54 Å². The van der Waals surface area contributed by atoms with Gasteiger partial charge in [0.2, 0.25) is 0 Å². The summed E-state index contributed by atoms with van der Waals surface area (Å²) >= 11 is 0. The van der Waals surface area contributed by atoms with Crippen LogP contribution in [0.5, 0.6) is 5.75 Å².